The smallest absolute Gasteiger partial charge is 0.225 e. The number of likely N-dealkylation sites (tertiary alicyclic amines) is 2. The topological polar surface area (TPSA) is 79.4 Å². The van der Waals surface area contributed by atoms with Crippen LogP contribution in [-0.4, -0.2) is 91.0 Å². The number of hydrogen-bond acceptors (Lipinski definition) is 5. The molecule has 3 heterocycles. The van der Waals surface area contributed by atoms with Gasteiger partial charge >= 0.3 is 0 Å². The van der Waals surface area contributed by atoms with Gasteiger partial charge in [-0.15, -0.1) is 0 Å². The Morgan fingerprint density at radius 1 is 1.00 bits per heavy atom. The highest BCUT2D eigenvalue weighted by Crippen LogP contribution is 2.30. The van der Waals surface area contributed by atoms with E-state index in [1.54, 1.807) is 6.92 Å². The van der Waals surface area contributed by atoms with Gasteiger partial charge in [-0.05, 0) is 31.0 Å². The third-order valence-corrected chi connectivity index (χ3v) is 7.64. The highest BCUT2D eigenvalue weighted by Gasteiger charge is 2.38. The van der Waals surface area contributed by atoms with E-state index in [1.807, 2.05) is 39.0 Å². The molecule has 3 aliphatic rings. The van der Waals surface area contributed by atoms with Crippen LogP contribution in [0, 0.1) is 11.8 Å². The lowest BCUT2D eigenvalue weighted by Gasteiger charge is -2.41. The summed E-state index contributed by atoms with van der Waals surface area (Å²) in [6, 6.07) is 7.73. The normalized spacial score (nSPS) is 24.1. The molecule has 0 radical (unpaired) electrons. The number of rotatable bonds is 5. The molecule has 0 bridgehead atoms. The zero-order valence-electron chi connectivity index (χ0n) is 19.8. The van der Waals surface area contributed by atoms with Crippen molar-refractivity contribution in [3.8, 4) is 5.75 Å². The molecule has 0 unspecified atom stereocenters. The highest BCUT2D eigenvalue weighted by molar-refractivity contribution is 9.10. The molecule has 1 aromatic carbocycles. The van der Waals surface area contributed by atoms with Crippen LogP contribution in [0.4, 0.5) is 0 Å². The van der Waals surface area contributed by atoms with Crippen molar-refractivity contribution >= 4 is 33.7 Å². The lowest BCUT2D eigenvalue weighted by atomic mass is 9.88. The standard InChI is InChI=1S/C25H34BrN3O5/c1-18(30)27-8-5-19(6-9-27)25(32)29-10-7-23(34-22-4-2-3-21(26)16-22)20(17-29)15-24(31)28-11-13-33-14-12-28/h2-4,16,19-20,23H,5-15,17H2,1H3/t20-,23-/m0/s1. The van der Waals surface area contributed by atoms with Crippen LogP contribution in [0.5, 0.6) is 5.75 Å². The quantitative estimate of drug-likeness (QED) is 0.578. The van der Waals surface area contributed by atoms with Crippen molar-refractivity contribution in [3.63, 3.8) is 0 Å². The minimum atomic E-state index is -0.136. The molecule has 3 aliphatic heterocycles. The minimum absolute atomic E-state index is 0.0614. The van der Waals surface area contributed by atoms with Crippen molar-refractivity contribution in [3.05, 3.63) is 28.7 Å². The van der Waals surface area contributed by atoms with E-state index in [0.29, 0.717) is 78.2 Å². The number of carbonyl (C=O) groups is 3. The fraction of sp³-hybridized carbons (Fsp3) is 0.640. The molecule has 0 aromatic heterocycles. The second-order valence-corrected chi connectivity index (χ2v) is 10.3. The molecular formula is C25H34BrN3O5. The maximum atomic E-state index is 13.3. The molecule has 2 atom stereocenters. The number of halogens is 1. The van der Waals surface area contributed by atoms with Crippen molar-refractivity contribution < 1.29 is 23.9 Å². The average molecular weight is 536 g/mol. The van der Waals surface area contributed by atoms with E-state index in [-0.39, 0.29) is 35.7 Å². The summed E-state index contributed by atoms with van der Waals surface area (Å²) in [7, 11) is 0. The summed E-state index contributed by atoms with van der Waals surface area (Å²) in [5, 5.41) is 0. The molecule has 8 nitrogen and oxygen atoms in total. The Morgan fingerprint density at radius 2 is 1.71 bits per heavy atom. The van der Waals surface area contributed by atoms with Crippen LogP contribution in [0.2, 0.25) is 0 Å². The van der Waals surface area contributed by atoms with Crippen molar-refractivity contribution in [1.29, 1.82) is 0 Å². The second kappa shape index (κ2) is 11.5. The van der Waals surface area contributed by atoms with E-state index in [9.17, 15) is 14.4 Å². The molecule has 34 heavy (non-hydrogen) atoms. The summed E-state index contributed by atoms with van der Waals surface area (Å²) in [6.07, 6.45) is 2.30. The molecule has 9 heteroatoms. The van der Waals surface area contributed by atoms with E-state index in [2.05, 4.69) is 15.9 Å². The van der Waals surface area contributed by atoms with Crippen molar-refractivity contribution in [2.24, 2.45) is 11.8 Å². The van der Waals surface area contributed by atoms with Gasteiger partial charge in [0.1, 0.15) is 11.9 Å². The fourth-order valence-corrected chi connectivity index (χ4v) is 5.52. The molecule has 186 valence electrons. The first-order valence-corrected chi connectivity index (χ1v) is 13.0. The Hall–Kier alpha value is -2.13. The number of nitrogens with zero attached hydrogens (tertiary/aromatic N) is 3. The molecule has 3 amide bonds. The van der Waals surface area contributed by atoms with E-state index in [4.69, 9.17) is 9.47 Å². The van der Waals surface area contributed by atoms with Crippen LogP contribution in [0.25, 0.3) is 0 Å². The predicted molar refractivity (Wildman–Crippen MR) is 130 cm³/mol. The van der Waals surface area contributed by atoms with E-state index in [1.165, 1.54) is 0 Å². The first-order valence-electron chi connectivity index (χ1n) is 12.2. The van der Waals surface area contributed by atoms with Gasteiger partial charge in [0.05, 0.1) is 13.2 Å². The summed E-state index contributed by atoms with van der Waals surface area (Å²) in [5.41, 5.74) is 0. The Morgan fingerprint density at radius 3 is 2.38 bits per heavy atom. The molecule has 0 N–H and O–H groups in total. The van der Waals surface area contributed by atoms with Crippen LogP contribution in [0.1, 0.15) is 32.6 Å². The molecule has 4 rings (SSSR count). The Bertz CT molecular complexity index is 883. The highest BCUT2D eigenvalue weighted by atomic mass is 79.9. The number of piperidine rings is 2. The lowest BCUT2D eigenvalue weighted by Crippen LogP contribution is -2.52. The predicted octanol–water partition coefficient (Wildman–Crippen LogP) is 2.55. The number of amides is 3. The van der Waals surface area contributed by atoms with Crippen LogP contribution in [0.3, 0.4) is 0 Å². The summed E-state index contributed by atoms with van der Waals surface area (Å²) in [6.45, 7) is 6.33. The van der Waals surface area contributed by atoms with Gasteiger partial charge in [0.2, 0.25) is 17.7 Å². The molecular weight excluding hydrogens is 502 g/mol. The van der Waals surface area contributed by atoms with Gasteiger partial charge in [-0.1, -0.05) is 22.0 Å². The van der Waals surface area contributed by atoms with Crippen molar-refractivity contribution in [2.75, 3.05) is 52.5 Å². The van der Waals surface area contributed by atoms with Crippen LogP contribution >= 0.6 is 15.9 Å². The zero-order valence-corrected chi connectivity index (χ0v) is 21.4. The number of ether oxygens (including phenoxy) is 2. The van der Waals surface area contributed by atoms with Gasteiger partial charge in [0.25, 0.3) is 0 Å². The zero-order chi connectivity index (χ0) is 24.1. The summed E-state index contributed by atoms with van der Waals surface area (Å²) in [5.74, 6) is 0.934. The van der Waals surface area contributed by atoms with Crippen LogP contribution < -0.4 is 4.74 Å². The Labute approximate surface area is 209 Å². The van der Waals surface area contributed by atoms with Crippen molar-refractivity contribution in [2.45, 2.75) is 38.7 Å². The molecule has 3 saturated heterocycles. The van der Waals surface area contributed by atoms with Gasteiger partial charge in [0, 0.05) is 75.3 Å². The molecule has 0 aliphatic carbocycles. The third kappa shape index (κ3) is 6.30. The second-order valence-electron chi connectivity index (χ2n) is 9.42. The molecule has 3 fully saturated rings. The first kappa shape index (κ1) is 25.0. The average Bonchev–Trinajstić information content (AvgIpc) is 2.85. The molecule has 0 saturated carbocycles. The number of morpholine rings is 1. The fourth-order valence-electron chi connectivity index (χ4n) is 5.14. The summed E-state index contributed by atoms with van der Waals surface area (Å²) >= 11 is 3.49. The van der Waals surface area contributed by atoms with Gasteiger partial charge in [-0.3, -0.25) is 14.4 Å². The summed E-state index contributed by atoms with van der Waals surface area (Å²) in [4.78, 5) is 43.6. The maximum absolute atomic E-state index is 13.3. The monoisotopic (exact) mass is 535 g/mol. The Balaban J connectivity index is 1.42. The van der Waals surface area contributed by atoms with Gasteiger partial charge in [-0.2, -0.15) is 0 Å². The Kier molecular flexibility index (Phi) is 8.47. The third-order valence-electron chi connectivity index (χ3n) is 7.15. The SMILES string of the molecule is CC(=O)N1CCC(C(=O)N2CC[C@H](Oc3cccc(Br)c3)[C@@H](CC(=O)N3CCOCC3)C2)CC1. The maximum Gasteiger partial charge on any atom is 0.225 e. The lowest BCUT2D eigenvalue weighted by molar-refractivity contribution is -0.145. The minimum Gasteiger partial charge on any atom is -0.490 e. The number of benzene rings is 1. The molecule has 1 aromatic rings. The van der Waals surface area contributed by atoms with E-state index >= 15 is 0 Å². The largest absolute Gasteiger partial charge is 0.490 e. The van der Waals surface area contributed by atoms with E-state index < -0.39 is 0 Å². The van der Waals surface area contributed by atoms with E-state index in [0.717, 1.165) is 10.2 Å². The first-order chi connectivity index (χ1) is 16.4. The van der Waals surface area contributed by atoms with Crippen LogP contribution in [-0.2, 0) is 19.1 Å². The van der Waals surface area contributed by atoms with Gasteiger partial charge in [0.15, 0.2) is 0 Å². The molecule has 0 spiro atoms. The van der Waals surface area contributed by atoms with Gasteiger partial charge < -0.3 is 24.2 Å². The van der Waals surface area contributed by atoms with Crippen LogP contribution in [0.15, 0.2) is 28.7 Å². The summed E-state index contributed by atoms with van der Waals surface area (Å²) < 4.78 is 12.7. The number of carbonyl (C=O) groups excluding carboxylic acids is 3. The van der Waals surface area contributed by atoms with Gasteiger partial charge in [-0.25, -0.2) is 0 Å². The number of hydrogen-bond donors (Lipinski definition) is 0. The van der Waals surface area contributed by atoms with Crippen molar-refractivity contribution in [1.82, 2.24) is 14.7 Å².